The number of carbonyl (C=O) groups excluding carboxylic acids is 1. The van der Waals surface area contributed by atoms with E-state index < -0.39 is 15.9 Å². The first-order valence-corrected chi connectivity index (χ1v) is 10.6. The predicted octanol–water partition coefficient (Wildman–Crippen LogP) is 5.06. The lowest BCUT2D eigenvalue weighted by Crippen LogP contribution is -2.14. The number of benzene rings is 3. The minimum absolute atomic E-state index is 0.0517. The Hall–Kier alpha value is -2.74. The van der Waals surface area contributed by atoms with Gasteiger partial charge >= 0.3 is 0 Å². The predicted molar refractivity (Wildman–Crippen MR) is 115 cm³/mol. The van der Waals surface area contributed by atoms with Crippen molar-refractivity contribution in [3.05, 3.63) is 82.3 Å². The standard InChI is InChI=1S/C20H16Cl2N2O4S/c1-28-16-7-3-15(4-8-16)24-29(26,27)17-9-5-14(6-10-17)23-20(25)18-11-2-13(21)12-19(18)22/h2-12,24H,1H3,(H,23,25). The van der Waals surface area contributed by atoms with Gasteiger partial charge < -0.3 is 10.1 Å². The van der Waals surface area contributed by atoms with Crippen molar-refractivity contribution >= 4 is 50.5 Å². The normalized spacial score (nSPS) is 11.0. The van der Waals surface area contributed by atoms with Gasteiger partial charge in [-0.15, -0.1) is 0 Å². The second-order valence-electron chi connectivity index (χ2n) is 5.94. The third kappa shape index (κ3) is 5.20. The van der Waals surface area contributed by atoms with E-state index in [9.17, 15) is 13.2 Å². The minimum atomic E-state index is -3.78. The highest BCUT2D eigenvalue weighted by Gasteiger charge is 2.15. The molecule has 6 nitrogen and oxygen atoms in total. The van der Waals surface area contributed by atoms with Gasteiger partial charge in [0, 0.05) is 16.4 Å². The summed E-state index contributed by atoms with van der Waals surface area (Å²) in [6, 6.07) is 16.8. The lowest BCUT2D eigenvalue weighted by molar-refractivity contribution is 0.102. The molecule has 0 aromatic heterocycles. The van der Waals surface area contributed by atoms with Crippen LogP contribution in [0, 0.1) is 0 Å². The van der Waals surface area contributed by atoms with Gasteiger partial charge in [-0.3, -0.25) is 9.52 Å². The van der Waals surface area contributed by atoms with Crippen molar-refractivity contribution in [2.75, 3.05) is 17.1 Å². The molecule has 3 rings (SSSR count). The first kappa shape index (κ1) is 21.0. The number of amides is 1. The van der Waals surface area contributed by atoms with Crippen LogP contribution in [-0.2, 0) is 10.0 Å². The SMILES string of the molecule is COc1ccc(NS(=O)(=O)c2ccc(NC(=O)c3ccc(Cl)cc3Cl)cc2)cc1. The van der Waals surface area contributed by atoms with Gasteiger partial charge in [0.25, 0.3) is 15.9 Å². The fourth-order valence-corrected chi connectivity index (χ4v) is 4.02. The van der Waals surface area contributed by atoms with Gasteiger partial charge in [-0.2, -0.15) is 0 Å². The van der Waals surface area contributed by atoms with Crippen LogP contribution in [0.5, 0.6) is 5.75 Å². The molecule has 29 heavy (non-hydrogen) atoms. The Balaban J connectivity index is 1.72. The molecule has 0 heterocycles. The van der Waals surface area contributed by atoms with Crippen molar-refractivity contribution in [3.8, 4) is 5.75 Å². The number of halogens is 2. The van der Waals surface area contributed by atoms with E-state index in [4.69, 9.17) is 27.9 Å². The van der Waals surface area contributed by atoms with Crippen LogP contribution in [0.25, 0.3) is 0 Å². The van der Waals surface area contributed by atoms with Gasteiger partial charge in [0.15, 0.2) is 0 Å². The number of rotatable bonds is 6. The lowest BCUT2D eigenvalue weighted by Gasteiger charge is -2.10. The van der Waals surface area contributed by atoms with E-state index in [1.807, 2.05) is 0 Å². The number of ether oxygens (including phenoxy) is 1. The Morgan fingerprint density at radius 3 is 2.10 bits per heavy atom. The molecule has 9 heteroatoms. The van der Waals surface area contributed by atoms with Crippen molar-refractivity contribution < 1.29 is 17.9 Å². The Bertz CT molecular complexity index is 1130. The Morgan fingerprint density at radius 2 is 1.52 bits per heavy atom. The van der Waals surface area contributed by atoms with Crippen LogP contribution >= 0.6 is 23.2 Å². The summed E-state index contributed by atoms with van der Waals surface area (Å²) in [4.78, 5) is 12.4. The van der Waals surface area contributed by atoms with Crippen molar-refractivity contribution in [2.45, 2.75) is 4.90 Å². The lowest BCUT2D eigenvalue weighted by atomic mass is 10.2. The Labute approximate surface area is 178 Å². The number of sulfonamides is 1. The molecule has 0 saturated carbocycles. The molecule has 0 fully saturated rings. The molecule has 0 spiro atoms. The highest BCUT2D eigenvalue weighted by atomic mass is 35.5. The largest absolute Gasteiger partial charge is 0.497 e. The van der Waals surface area contributed by atoms with Crippen molar-refractivity contribution in [1.82, 2.24) is 0 Å². The fourth-order valence-electron chi connectivity index (χ4n) is 2.46. The first-order chi connectivity index (χ1) is 13.8. The van der Waals surface area contributed by atoms with E-state index in [-0.39, 0.29) is 15.5 Å². The van der Waals surface area contributed by atoms with Crippen LogP contribution in [0.3, 0.4) is 0 Å². The van der Waals surface area contributed by atoms with Crippen LogP contribution in [0.1, 0.15) is 10.4 Å². The van der Waals surface area contributed by atoms with E-state index in [0.29, 0.717) is 22.1 Å². The Morgan fingerprint density at radius 1 is 0.897 bits per heavy atom. The van der Waals surface area contributed by atoms with E-state index in [1.165, 1.54) is 43.5 Å². The maximum absolute atomic E-state index is 12.5. The molecule has 0 atom stereocenters. The van der Waals surface area contributed by atoms with Crippen LogP contribution in [0.2, 0.25) is 10.0 Å². The molecule has 3 aromatic rings. The molecular weight excluding hydrogens is 435 g/mol. The second kappa shape index (κ2) is 8.73. The molecule has 0 bridgehead atoms. The third-order valence-corrected chi connectivity index (χ3v) is 5.89. The molecule has 3 aromatic carbocycles. The van der Waals surface area contributed by atoms with Crippen molar-refractivity contribution in [2.24, 2.45) is 0 Å². The average molecular weight is 451 g/mol. The number of hydrogen-bond donors (Lipinski definition) is 2. The van der Waals surface area contributed by atoms with Gasteiger partial charge in [0.1, 0.15) is 5.75 Å². The highest BCUT2D eigenvalue weighted by molar-refractivity contribution is 7.92. The molecule has 150 valence electrons. The summed E-state index contributed by atoms with van der Waals surface area (Å²) in [6.45, 7) is 0. The van der Waals surface area contributed by atoms with E-state index >= 15 is 0 Å². The van der Waals surface area contributed by atoms with Gasteiger partial charge in [0.05, 0.1) is 22.6 Å². The molecule has 0 aliphatic heterocycles. The van der Waals surface area contributed by atoms with E-state index in [2.05, 4.69) is 10.0 Å². The summed E-state index contributed by atoms with van der Waals surface area (Å²) < 4.78 is 32.6. The van der Waals surface area contributed by atoms with Gasteiger partial charge in [-0.05, 0) is 66.7 Å². The molecule has 0 aliphatic carbocycles. The number of anilines is 2. The van der Waals surface area contributed by atoms with E-state index in [0.717, 1.165) is 0 Å². The number of nitrogens with one attached hydrogen (secondary N) is 2. The summed E-state index contributed by atoms with van der Waals surface area (Å²) in [7, 11) is -2.25. The number of methoxy groups -OCH3 is 1. The topological polar surface area (TPSA) is 84.5 Å². The minimum Gasteiger partial charge on any atom is -0.497 e. The molecule has 2 N–H and O–H groups in total. The van der Waals surface area contributed by atoms with Gasteiger partial charge in [0.2, 0.25) is 0 Å². The summed E-state index contributed by atoms with van der Waals surface area (Å²) >= 11 is 11.9. The molecule has 0 saturated heterocycles. The van der Waals surface area contributed by atoms with Crippen molar-refractivity contribution in [3.63, 3.8) is 0 Å². The van der Waals surface area contributed by atoms with Crippen molar-refractivity contribution in [1.29, 1.82) is 0 Å². The molecule has 0 unspecified atom stereocenters. The number of carbonyl (C=O) groups is 1. The average Bonchev–Trinajstić information content (AvgIpc) is 2.68. The zero-order chi connectivity index (χ0) is 21.0. The van der Waals surface area contributed by atoms with Gasteiger partial charge in [-0.1, -0.05) is 23.2 Å². The smallest absolute Gasteiger partial charge is 0.261 e. The van der Waals surface area contributed by atoms with E-state index in [1.54, 1.807) is 30.3 Å². The summed E-state index contributed by atoms with van der Waals surface area (Å²) in [5.41, 5.74) is 1.08. The monoisotopic (exact) mass is 450 g/mol. The van der Waals surface area contributed by atoms with Crippen LogP contribution in [0.15, 0.2) is 71.6 Å². The summed E-state index contributed by atoms with van der Waals surface area (Å²) in [5.74, 6) is 0.187. The zero-order valence-electron chi connectivity index (χ0n) is 15.1. The molecule has 1 amide bonds. The molecule has 0 radical (unpaired) electrons. The maximum Gasteiger partial charge on any atom is 0.261 e. The Kier molecular flexibility index (Phi) is 6.32. The zero-order valence-corrected chi connectivity index (χ0v) is 17.5. The molecule has 0 aliphatic rings. The first-order valence-electron chi connectivity index (χ1n) is 8.32. The van der Waals surface area contributed by atoms with Crippen LogP contribution < -0.4 is 14.8 Å². The summed E-state index contributed by atoms with van der Waals surface area (Å²) in [6.07, 6.45) is 0. The van der Waals surface area contributed by atoms with Gasteiger partial charge in [-0.25, -0.2) is 8.42 Å². The summed E-state index contributed by atoms with van der Waals surface area (Å²) in [5, 5.41) is 3.31. The fraction of sp³-hybridized carbons (Fsp3) is 0.0500. The third-order valence-electron chi connectivity index (χ3n) is 3.94. The number of hydrogen-bond acceptors (Lipinski definition) is 4. The highest BCUT2D eigenvalue weighted by Crippen LogP contribution is 2.23. The van der Waals surface area contributed by atoms with Crippen LogP contribution in [0.4, 0.5) is 11.4 Å². The van der Waals surface area contributed by atoms with Crippen LogP contribution in [-0.4, -0.2) is 21.4 Å². The quantitative estimate of drug-likeness (QED) is 0.549. The maximum atomic E-state index is 12.5. The second-order valence-corrected chi connectivity index (χ2v) is 8.46. The molecular formula is C20H16Cl2N2O4S.